The third-order valence-electron chi connectivity index (χ3n) is 2.93. The molecule has 22 heavy (non-hydrogen) atoms. The Bertz CT molecular complexity index is 684. The number of aliphatic hydroxyl groups excluding tert-OH is 1. The van der Waals surface area contributed by atoms with Crippen LogP contribution in [0.25, 0.3) is 0 Å². The molecule has 6 heteroatoms. The molecule has 1 N–H and O–H groups in total. The van der Waals surface area contributed by atoms with Crippen LogP contribution in [0.4, 0.5) is 0 Å². The molecular formula is C16H17ClO4S. The van der Waals surface area contributed by atoms with E-state index in [1.54, 1.807) is 48.5 Å². The quantitative estimate of drug-likeness (QED) is 0.841. The van der Waals surface area contributed by atoms with Crippen LogP contribution in [0, 0.1) is 0 Å². The Morgan fingerprint density at radius 1 is 1.05 bits per heavy atom. The molecule has 2 rings (SSSR count). The first-order valence-corrected chi connectivity index (χ1v) is 8.95. The minimum atomic E-state index is -3.40. The SMILES string of the molecule is O=S(=O)(Cc1ccccc1)C[C@H](O)COc1ccc(Cl)cc1. The van der Waals surface area contributed by atoms with E-state index in [2.05, 4.69) is 0 Å². The highest BCUT2D eigenvalue weighted by molar-refractivity contribution is 7.90. The zero-order valence-electron chi connectivity index (χ0n) is 11.9. The normalized spacial score (nSPS) is 12.8. The van der Waals surface area contributed by atoms with Gasteiger partial charge in [0, 0.05) is 5.02 Å². The maximum atomic E-state index is 12.0. The van der Waals surface area contributed by atoms with Crippen molar-refractivity contribution in [2.24, 2.45) is 0 Å². The molecule has 0 aromatic heterocycles. The Morgan fingerprint density at radius 2 is 1.68 bits per heavy atom. The largest absolute Gasteiger partial charge is 0.491 e. The number of hydrogen-bond donors (Lipinski definition) is 1. The van der Waals surface area contributed by atoms with Gasteiger partial charge in [-0.3, -0.25) is 0 Å². The Labute approximate surface area is 135 Å². The van der Waals surface area contributed by atoms with Gasteiger partial charge < -0.3 is 9.84 Å². The van der Waals surface area contributed by atoms with Crippen molar-refractivity contribution in [2.75, 3.05) is 12.4 Å². The van der Waals surface area contributed by atoms with Crippen molar-refractivity contribution in [3.8, 4) is 5.75 Å². The van der Waals surface area contributed by atoms with Crippen LogP contribution in [0.1, 0.15) is 5.56 Å². The maximum absolute atomic E-state index is 12.0. The standard InChI is InChI=1S/C16H17ClO4S/c17-14-6-8-16(9-7-14)21-10-15(18)12-22(19,20)11-13-4-2-1-3-5-13/h1-9,15,18H,10-12H2/t15-/m1/s1. The van der Waals surface area contributed by atoms with Crippen LogP contribution in [0.3, 0.4) is 0 Å². The van der Waals surface area contributed by atoms with E-state index in [4.69, 9.17) is 16.3 Å². The molecule has 0 unspecified atom stereocenters. The van der Waals surface area contributed by atoms with Gasteiger partial charge in [-0.15, -0.1) is 0 Å². The lowest BCUT2D eigenvalue weighted by molar-refractivity contribution is 0.125. The van der Waals surface area contributed by atoms with Gasteiger partial charge >= 0.3 is 0 Å². The fourth-order valence-electron chi connectivity index (χ4n) is 1.95. The third kappa shape index (κ3) is 5.67. The number of sulfone groups is 1. The van der Waals surface area contributed by atoms with E-state index < -0.39 is 15.9 Å². The highest BCUT2D eigenvalue weighted by atomic mass is 35.5. The number of hydrogen-bond acceptors (Lipinski definition) is 4. The fourth-order valence-corrected chi connectivity index (χ4v) is 3.58. The molecular weight excluding hydrogens is 324 g/mol. The molecule has 0 saturated heterocycles. The van der Waals surface area contributed by atoms with Gasteiger partial charge in [-0.2, -0.15) is 0 Å². The van der Waals surface area contributed by atoms with Crippen molar-refractivity contribution >= 4 is 21.4 Å². The van der Waals surface area contributed by atoms with Gasteiger partial charge in [0.15, 0.2) is 9.84 Å². The maximum Gasteiger partial charge on any atom is 0.157 e. The summed E-state index contributed by atoms with van der Waals surface area (Å²) in [5, 5.41) is 10.4. The zero-order chi connectivity index (χ0) is 16.0. The summed E-state index contributed by atoms with van der Waals surface area (Å²) in [6, 6.07) is 15.5. The Balaban J connectivity index is 1.85. The predicted molar refractivity (Wildman–Crippen MR) is 86.9 cm³/mol. The van der Waals surface area contributed by atoms with Crippen molar-refractivity contribution in [2.45, 2.75) is 11.9 Å². The zero-order valence-corrected chi connectivity index (χ0v) is 13.4. The second-order valence-electron chi connectivity index (χ2n) is 4.96. The smallest absolute Gasteiger partial charge is 0.157 e. The monoisotopic (exact) mass is 340 g/mol. The van der Waals surface area contributed by atoms with Crippen molar-refractivity contribution in [1.82, 2.24) is 0 Å². The van der Waals surface area contributed by atoms with Crippen molar-refractivity contribution in [1.29, 1.82) is 0 Å². The van der Waals surface area contributed by atoms with E-state index in [-0.39, 0.29) is 18.1 Å². The molecule has 0 saturated carbocycles. The lowest BCUT2D eigenvalue weighted by Gasteiger charge is -2.13. The lowest BCUT2D eigenvalue weighted by atomic mass is 10.2. The minimum Gasteiger partial charge on any atom is -0.491 e. The summed E-state index contributed by atoms with van der Waals surface area (Å²) < 4.78 is 29.4. The van der Waals surface area contributed by atoms with Crippen LogP contribution in [0.2, 0.25) is 5.02 Å². The molecule has 0 aliphatic carbocycles. The number of ether oxygens (including phenoxy) is 1. The van der Waals surface area contributed by atoms with Crippen LogP contribution >= 0.6 is 11.6 Å². The lowest BCUT2D eigenvalue weighted by Crippen LogP contribution is -2.27. The van der Waals surface area contributed by atoms with Crippen LogP contribution in [-0.4, -0.2) is 32.0 Å². The van der Waals surface area contributed by atoms with Crippen LogP contribution in [-0.2, 0) is 15.6 Å². The first-order valence-electron chi connectivity index (χ1n) is 6.75. The molecule has 0 fully saturated rings. The highest BCUT2D eigenvalue weighted by Gasteiger charge is 2.18. The van der Waals surface area contributed by atoms with Gasteiger partial charge in [0.25, 0.3) is 0 Å². The average Bonchev–Trinajstić information content (AvgIpc) is 2.46. The van der Waals surface area contributed by atoms with E-state index in [1.165, 1.54) is 0 Å². The summed E-state index contributed by atoms with van der Waals surface area (Å²) in [6.45, 7) is -0.0876. The number of benzene rings is 2. The summed E-state index contributed by atoms with van der Waals surface area (Å²) >= 11 is 5.75. The van der Waals surface area contributed by atoms with Gasteiger partial charge in [0.05, 0.1) is 11.5 Å². The first kappa shape index (κ1) is 16.8. The number of halogens is 1. The molecule has 118 valence electrons. The van der Waals surface area contributed by atoms with Crippen LogP contribution < -0.4 is 4.74 Å². The second-order valence-corrected chi connectivity index (χ2v) is 7.50. The van der Waals surface area contributed by atoms with Crippen molar-refractivity contribution in [3.63, 3.8) is 0 Å². The Morgan fingerprint density at radius 3 is 2.32 bits per heavy atom. The summed E-state index contributed by atoms with van der Waals surface area (Å²) in [5.74, 6) is 0.102. The second kappa shape index (κ2) is 7.63. The van der Waals surface area contributed by atoms with Gasteiger partial charge in [-0.05, 0) is 29.8 Å². The molecule has 0 spiro atoms. The topological polar surface area (TPSA) is 63.6 Å². The van der Waals surface area contributed by atoms with Gasteiger partial charge in [0.2, 0.25) is 0 Å². The highest BCUT2D eigenvalue weighted by Crippen LogP contribution is 2.16. The molecule has 1 atom stereocenters. The molecule has 0 heterocycles. The summed E-state index contributed by atoms with van der Waals surface area (Å²) in [6.07, 6.45) is -1.08. The van der Waals surface area contributed by atoms with E-state index >= 15 is 0 Å². The Kier molecular flexibility index (Phi) is 5.83. The van der Waals surface area contributed by atoms with Gasteiger partial charge in [-0.25, -0.2) is 8.42 Å². The fraction of sp³-hybridized carbons (Fsp3) is 0.250. The van der Waals surface area contributed by atoms with E-state index in [0.717, 1.165) is 0 Å². The molecule has 2 aromatic carbocycles. The predicted octanol–water partition coefficient (Wildman–Crippen LogP) is 2.69. The van der Waals surface area contributed by atoms with Crippen molar-refractivity contribution in [3.05, 3.63) is 65.2 Å². The summed E-state index contributed by atoms with van der Waals surface area (Å²) in [4.78, 5) is 0. The Hall–Kier alpha value is -1.56. The van der Waals surface area contributed by atoms with Crippen molar-refractivity contribution < 1.29 is 18.3 Å². The van der Waals surface area contributed by atoms with Gasteiger partial charge in [0.1, 0.15) is 18.5 Å². The summed E-state index contributed by atoms with van der Waals surface area (Å²) in [5.41, 5.74) is 0.702. The summed E-state index contributed by atoms with van der Waals surface area (Å²) in [7, 11) is -3.40. The number of aliphatic hydroxyl groups is 1. The van der Waals surface area contributed by atoms with E-state index in [9.17, 15) is 13.5 Å². The molecule has 0 aliphatic heterocycles. The molecule has 4 nitrogen and oxygen atoms in total. The van der Waals surface area contributed by atoms with Crippen LogP contribution in [0.5, 0.6) is 5.75 Å². The number of rotatable bonds is 7. The molecule has 0 aliphatic rings. The molecule has 0 amide bonds. The average molecular weight is 341 g/mol. The molecule has 2 aromatic rings. The first-order chi connectivity index (χ1) is 10.4. The third-order valence-corrected chi connectivity index (χ3v) is 4.85. The molecule has 0 bridgehead atoms. The van der Waals surface area contributed by atoms with E-state index in [1.807, 2.05) is 6.07 Å². The van der Waals surface area contributed by atoms with Crippen LogP contribution in [0.15, 0.2) is 54.6 Å². The minimum absolute atomic E-state index is 0.0876. The van der Waals surface area contributed by atoms with Gasteiger partial charge in [-0.1, -0.05) is 41.9 Å². The van der Waals surface area contributed by atoms with E-state index in [0.29, 0.717) is 16.3 Å². The molecule has 0 radical (unpaired) electrons.